The molecule has 2 rings (SSSR count). The number of nitrogens with one attached hydrogen (secondary N) is 1. The highest BCUT2D eigenvalue weighted by atomic mass is 79.9. The monoisotopic (exact) mass is 347 g/mol. The van der Waals surface area contributed by atoms with E-state index in [9.17, 15) is 8.78 Å². The Balaban J connectivity index is 2.32. The first-order valence-electron chi connectivity index (χ1n) is 5.53. The Morgan fingerprint density at radius 3 is 2.53 bits per heavy atom. The molecule has 0 amide bonds. The number of nitrogens with two attached hydrogens (primary N) is 1. The summed E-state index contributed by atoms with van der Waals surface area (Å²) in [6, 6.07) is 1.78. The Morgan fingerprint density at radius 2 is 2.05 bits per heavy atom. The minimum atomic E-state index is -0.654. The van der Waals surface area contributed by atoms with Crippen LogP contribution in [0.25, 0.3) is 0 Å². The van der Waals surface area contributed by atoms with E-state index in [0.29, 0.717) is 10.9 Å². The molecule has 0 aliphatic carbocycles. The maximum absolute atomic E-state index is 13.9. The third-order valence-electron chi connectivity index (χ3n) is 2.64. The van der Waals surface area contributed by atoms with Crippen LogP contribution in [0.15, 0.2) is 22.0 Å². The number of benzene rings is 1. The van der Waals surface area contributed by atoms with Gasteiger partial charge < -0.3 is 0 Å². The second kappa shape index (κ2) is 6.04. The predicted molar refractivity (Wildman–Crippen MR) is 74.7 cm³/mol. The van der Waals surface area contributed by atoms with E-state index in [1.165, 1.54) is 23.5 Å². The van der Waals surface area contributed by atoms with Gasteiger partial charge in [-0.15, -0.1) is 11.3 Å². The second-order valence-corrected chi connectivity index (χ2v) is 5.95. The van der Waals surface area contributed by atoms with Crippen LogP contribution in [0.5, 0.6) is 0 Å². The van der Waals surface area contributed by atoms with Crippen LogP contribution < -0.4 is 11.3 Å². The van der Waals surface area contributed by atoms with Gasteiger partial charge in [0.2, 0.25) is 0 Å². The van der Waals surface area contributed by atoms with Crippen molar-refractivity contribution in [1.82, 2.24) is 10.4 Å². The number of thiazole rings is 1. The van der Waals surface area contributed by atoms with Crippen molar-refractivity contribution in [2.75, 3.05) is 0 Å². The lowest BCUT2D eigenvalue weighted by atomic mass is 10.0. The predicted octanol–water partition coefficient (Wildman–Crippen LogP) is 3.24. The van der Waals surface area contributed by atoms with E-state index in [4.69, 9.17) is 5.84 Å². The first-order valence-corrected chi connectivity index (χ1v) is 7.20. The molecule has 1 aromatic carbocycles. The van der Waals surface area contributed by atoms with E-state index in [1.54, 1.807) is 0 Å². The van der Waals surface area contributed by atoms with Crippen LogP contribution in [0.4, 0.5) is 8.78 Å². The summed E-state index contributed by atoms with van der Waals surface area (Å²) >= 11 is 4.49. The average molecular weight is 348 g/mol. The van der Waals surface area contributed by atoms with E-state index in [1.807, 2.05) is 12.3 Å². The molecule has 7 heteroatoms. The maximum atomic E-state index is 13.9. The number of hydrogen-bond acceptors (Lipinski definition) is 4. The molecule has 0 spiro atoms. The highest BCUT2D eigenvalue weighted by molar-refractivity contribution is 9.10. The number of rotatable bonds is 4. The van der Waals surface area contributed by atoms with Gasteiger partial charge in [-0.25, -0.2) is 13.8 Å². The molecule has 0 aliphatic rings. The Morgan fingerprint density at radius 1 is 1.42 bits per heavy atom. The van der Waals surface area contributed by atoms with Gasteiger partial charge in [-0.2, -0.15) is 0 Å². The van der Waals surface area contributed by atoms with E-state index < -0.39 is 17.7 Å². The van der Waals surface area contributed by atoms with Crippen LogP contribution >= 0.6 is 27.3 Å². The van der Waals surface area contributed by atoms with Gasteiger partial charge in [-0.05, 0) is 19.1 Å². The summed E-state index contributed by atoms with van der Waals surface area (Å²) < 4.78 is 28.1. The fraction of sp³-hybridized carbons (Fsp3) is 0.250. The summed E-state index contributed by atoms with van der Waals surface area (Å²) in [5.74, 6) is 4.15. The van der Waals surface area contributed by atoms with Crippen molar-refractivity contribution in [3.8, 4) is 0 Å². The molecular formula is C12H12BrF2N3S. The zero-order chi connectivity index (χ0) is 14.0. The molecule has 3 nitrogen and oxygen atoms in total. The van der Waals surface area contributed by atoms with Crippen LogP contribution in [-0.4, -0.2) is 4.98 Å². The molecule has 2 aromatic rings. The van der Waals surface area contributed by atoms with Crippen molar-refractivity contribution < 1.29 is 8.78 Å². The minimum absolute atomic E-state index is 0.0708. The van der Waals surface area contributed by atoms with Gasteiger partial charge >= 0.3 is 0 Å². The van der Waals surface area contributed by atoms with Crippen molar-refractivity contribution in [3.63, 3.8) is 0 Å². The normalized spacial score (nSPS) is 12.7. The zero-order valence-electron chi connectivity index (χ0n) is 10.1. The molecule has 0 bridgehead atoms. The summed E-state index contributed by atoms with van der Waals surface area (Å²) in [6.07, 6.45) is 0.338. The van der Waals surface area contributed by atoms with E-state index in [-0.39, 0.29) is 5.56 Å². The fourth-order valence-electron chi connectivity index (χ4n) is 1.80. The van der Waals surface area contributed by atoms with Gasteiger partial charge in [0.15, 0.2) is 0 Å². The lowest BCUT2D eigenvalue weighted by Gasteiger charge is -2.16. The van der Waals surface area contributed by atoms with Gasteiger partial charge in [0, 0.05) is 27.5 Å². The summed E-state index contributed by atoms with van der Waals surface area (Å²) in [5.41, 5.74) is 3.26. The number of hydrogen-bond donors (Lipinski definition) is 2. The standard InChI is InChI=1S/C12H12BrF2N3S/c1-6-5-19-11(17-6)4-10(18-16)12-8(14)2-7(13)3-9(12)15/h2-3,5,10,18H,4,16H2,1H3. The van der Waals surface area contributed by atoms with Gasteiger partial charge in [-0.3, -0.25) is 11.3 Å². The average Bonchev–Trinajstić information content (AvgIpc) is 2.72. The number of aryl methyl sites for hydroxylation is 1. The van der Waals surface area contributed by atoms with E-state index >= 15 is 0 Å². The molecule has 3 N–H and O–H groups in total. The molecular weight excluding hydrogens is 336 g/mol. The van der Waals surface area contributed by atoms with E-state index in [0.717, 1.165) is 10.7 Å². The number of halogens is 3. The molecule has 0 aliphatic heterocycles. The Labute approximate surface area is 122 Å². The summed E-state index contributed by atoms with van der Waals surface area (Å²) in [6.45, 7) is 1.87. The largest absolute Gasteiger partial charge is 0.271 e. The molecule has 19 heavy (non-hydrogen) atoms. The van der Waals surface area contributed by atoms with Crippen LogP contribution in [0.2, 0.25) is 0 Å². The molecule has 0 saturated carbocycles. The third-order valence-corrected chi connectivity index (χ3v) is 4.09. The summed E-state index contributed by atoms with van der Waals surface area (Å²) in [4.78, 5) is 4.27. The van der Waals surface area contributed by atoms with Crippen molar-refractivity contribution in [2.24, 2.45) is 5.84 Å². The highest BCUT2D eigenvalue weighted by Crippen LogP contribution is 2.27. The quantitative estimate of drug-likeness (QED) is 0.659. The first kappa shape index (κ1) is 14.5. The molecule has 1 atom stereocenters. The minimum Gasteiger partial charge on any atom is -0.271 e. The van der Waals surface area contributed by atoms with Crippen LogP contribution in [0, 0.1) is 18.6 Å². The molecule has 0 fully saturated rings. The van der Waals surface area contributed by atoms with Crippen molar-refractivity contribution in [3.05, 3.63) is 49.9 Å². The maximum Gasteiger partial charge on any atom is 0.132 e. The molecule has 1 heterocycles. The lowest BCUT2D eigenvalue weighted by molar-refractivity contribution is 0.471. The first-order chi connectivity index (χ1) is 9.01. The molecule has 0 radical (unpaired) electrons. The smallest absolute Gasteiger partial charge is 0.132 e. The van der Waals surface area contributed by atoms with Gasteiger partial charge in [0.25, 0.3) is 0 Å². The molecule has 102 valence electrons. The third kappa shape index (κ3) is 3.36. The Kier molecular flexibility index (Phi) is 4.62. The summed E-state index contributed by atoms with van der Waals surface area (Å²) in [7, 11) is 0. The van der Waals surface area contributed by atoms with Gasteiger partial charge in [-0.1, -0.05) is 15.9 Å². The Bertz CT molecular complexity index is 565. The van der Waals surface area contributed by atoms with Crippen molar-refractivity contribution in [1.29, 1.82) is 0 Å². The van der Waals surface area contributed by atoms with E-state index in [2.05, 4.69) is 26.3 Å². The fourth-order valence-corrected chi connectivity index (χ4v) is 3.02. The molecule has 1 unspecified atom stereocenters. The number of aromatic nitrogens is 1. The topological polar surface area (TPSA) is 50.9 Å². The number of nitrogens with zero attached hydrogens (tertiary/aromatic N) is 1. The molecule has 1 aromatic heterocycles. The van der Waals surface area contributed by atoms with Gasteiger partial charge in [0.1, 0.15) is 11.6 Å². The van der Waals surface area contributed by atoms with Crippen LogP contribution in [-0.2, 0) is 6.42 Å². The summed E-state index contributed by atoms with van der Waals surface area (Å²) in [5, 5.41) is 2.67. The number of hydrazine groups is 1. The van der Waals surface area contributed by atoms with Crippen molar-refractivity contribution >= 4 is 27.3 Å². The van der Waals surface area contributed by atoms with Crippen LogP contribution in [0.3, 0.4) is 0 Å². The van der Waals surface area contributed by atoms with Crippen LogP contribution in [0.1, 0.15) is 22.3 Å². The van der Waals surface area contributed by atoms with Gasteiger partial charge in [0.05, 0.1) is 11.0 Å². The SMILES string of the molecule is Cc1csc(CC(NN)c2c(F)cc(Br)cc2F)n1. The van der Waals surface area contributed by atoms with Crippen molar-refractivity contribution in [2.45, 2.75) is 19.4 Å². The highest BCUT2D eigenvalue weighted by Gasteiger charge is 2.21. The Hall–Kier alpha value is -0.890. The lowest BCUT2D eigenvalue weighted by Crippen LogP contribution is -2.31. The zero-order valence-corrected chi connectivity index (χ0v) is 12.5. The molecule has 0 saturated heterocycles. The second-order valence-electron chi connectivity index (χ2n) is 4.09.